The molecule has 23 heavy (non-hydrogen) atoms. The molecule has 2 amide bonds. The summed E-state index contributed by atoms with van der Waals surface area (Å²) in [5.41, 5.74) is 0. The van der Waals surface area contributed by atoms with E-state index in [0.29, 0.717) is 35.7 Å². The molecule has 0 aromatic rings. The van der Waals surface area contributed by atoms with E-state index in [9.17, 15) is 9.59 Å². The van der Waals surface area contributed by atoms with Crippen LogP contribution in [0.5, 0.6) is 0 Å². The predicted molar refractivity (Wildman–Crippen MR) is 88.6 cm³/mol. The molecule has 1 N–H and O–H groups in total. The Hall–Kier alpha value is -1.06. The molecule has 128 valence electrons. The van der Waals surface area contributed by atoms with Gasteiger partial charge in [-0.3, -0.25) is 9.59 Å². The maximum absolute atomic E-state index is 12.6. The van der Waals surface area contributed by atoms with E-state index in [1.54, 1.807) is 0 Å². The number of amides is 2. The lowest BCUT2D eigenvalue weighted by atomic mass is 9.88. The minimum Gasteiger partial charge on any atom is -0.356 e. The van der Waals surface area contributed by atoms with E-state index in [1.165, 1.54) is 32.1 Å². The fourth-order valence-electron chi connectivity index (χ4n) is 5.43. The SMILES string of the molecule is C[C@H]1C[C@@H]2[C@@H](CC(=O)N2C2CCCCC2)[C@@H]1CNC(=O)C1CC1. The highest BCUT2D eigenvalue weighted by Gasteiger charge is 2.52. The van der Waals surface area contributed by atoms with Gasteiger partial charge in [0, 0.05) is 31.0 Å². The molecule has 4 atom stereocenters. The summed E-state index contributed by atoms with van der Waals surface area (Å²) in [5, 5.41) is 3.17. The van der Waals surface area contributed by atoms with E-state index in [-0.39, 0.29) is 11.8 Å². The maximum Gasteiger partial charge on any atom is 0.223 e. The number of carbonyl (C=O) groups excluding carboxylic acids is 2. The molecule has 4 aliphatic rings. The number of carbonyl (C=O) groups is 2. The van der Waals surface area contributed by atoms with Gasteiger partial charge in [0.25, 0.3) is 0 Å². The number of hydrogen-bond donors (Lipinski definition) is 1. The summed E-state index contributed by atoms with van der Waals surface area (Å²) in [5.74, 6) is 2.49. The first-order chi connectivity index (χ1) is 11.1. The van der Waals surface area contributed by atoms with E-state index in [4.69, 9.17) is 0 Å². The average molecular weight is 318 g/mol. The Morgan fingerprint density at radius 3 is 2.61 bits per heavy atom. The number of likely N-dealkylation sites (tertiary alicyclic amines) is 1. The van der Waals surface area contributed by atoms with Crippen molar-refractivity contribution < 1.29 is 9.59 Å². The second-order valence-corrected chi connectivity index (χ2v) is 8.42. The van der Waals surface area contributed by atoms with Crippen molar-refractivity contribution in [1.82, 2.24) is 10.2 Å². The van der Waals surface area contributed by atoms with E-state index in [0.717, 1.165) is 32.2 Å². The van der Waals surface area contributed by atoms with Crippen molar-refractivity contribution >= 4 is 11.8 Å². The van der Waals surface area contributed by atoms with Crippen molar-refractivity contribution in [2.45, 2.75) is 76.8 Å². The van der Waals surface area contributed by atoms with Crippen LogP contribution in [-0.4, -0.2) is 35.3 Å². The van der Waals surface area contributed by atoms with Crippen molar-refractivity contribution in [3.05, 3.63) is 0 Å². The van der Waals surface area contributed by atoms with Crippen LogP contribution in [0.3, 0.4) is 0 Å². The summed E-state index contributed by atoms with van der Waals surface area (Å²) >= 11 is 0. The summed E-state index contributed by atoms with van der Waals surface area (Å²) in [6, 6.07) is 0.946. The first kappa shape index (κ1) is 15.5. The second-order valence-electron chi connectivity index (χ2n) is 8.42. The third-order valence-corrected chi connectivity index (χ3v) is 6.87. The predicted octanol–water partition coefficient (Wildman–Crippen LogP) is 2.72. The van der Waals surface area contributed by atoms with Gasteiger partial charge in [-0.2, -0.15) is 0 Å². The fourth-order valence-corrected chi connectivity index (χ4v) is 5.43. The van der Waals surface area contributed by atoms with E-state index in [1.807, 2.05) is 0 Å². The standard InChI is InChI=1S/C19H30N2O2/c1-12-9-17-15(16(12)11-20-19(23)13-7-8-13)10-18(22)21(17)14-5-3-2-4-6-14/h12-17H,2-11H2,1H3,(H,20,23)/t12-,15-,16+,17+/m0/s1. The molecule has 1 saturated heterocycles. The molecule has 4 rings (SSSR count). The summed E-state index contributed by atoms with van der Waals surface area (Å²) in [4.78, 5) is 26.9. The van der Waals surface area contributed by atoms with Gasteiger partial charge in [0.15, 0.2) is 0 Å². The molecule has 0 radical (unpaired) electrons. The Labute approximate surface area is 139 Å². The van der Waals surface area contributed by atoms with Crippen molar-refractivity contribution in [2.75, 3.05) is 6.54 Å². The number of fused-ring (bicyclic) bond motifs is 1. The summed E-state index contributed by atoms with van der Waals surface area (Å²) < 4.78 is 0. The highest BCUT2D eigenvalue weighted by Crippen LogP contribution is 2.47. The molecule has 0 bridgehead atoms. The molecule has 4 heteroatoms. The van der Waals surface area contributed by atoms with Gasteiger partial charge in [-0.05, 0) is 49.9 Å². The molecule has 1 aliphatic heterocycles. The number of rotatable bonds is 4. The normalized spacial score (nSPS) is 38.0. The van der Waals surface area contributed by atoms with Crippen molar-refractivity contribution in [2.24, 2.45) is 23.7 Å². The third-order valence-electron chi connectivity index (χ3n) is 6.87. The van der Waals surface area contributed by atoms with Gasteiger partial charge < -0.3 is 10.2 Å². The van der Waals surface area contributed by atoms with E-state index >= 15 is 0 Å². The lowest BCUT2D eigenvalue weighted by Crippen LogP contribution is -2.43. The van der Waals surface area contributed by atoms with Crippen molar-refractivity contribution in [3.63, 3.8) is 0 Å². The average Bonchev–Trinajstić information content (AvgIpc) is 3.29. The lowest BCUT2D eigenvalue weighted by Gasteiger charge is -2.35. The Morgan fingerprint density at radius 1 is 1.17 bits per heavy atom. The van der Waals surface area contributed by atoms with Gasteiger partial charge in [0.1, 0.15) is 0 Å². The zero-order chi connectivity index (χ0) is 16.0. The molecule has 1 heterocycles. The van der Waals surface area contributed by atoms with Gasteiger partial charge in [-0.15, -0.1) is 0 Å². The Bertz CT molecular complexity index is 482. The quantitative estimate of drug-likeness (QED) is 0.866. The molecule has 0 aromatic heterocycles. The fraction of sp³-hybridized carbons (Fsp3) is 0.895. The molecule has 0 unspecified atom stereocenters. The van der Waals surface area contributed by atoms with Crippen LogP contribution in [-0.2, 0) is 9.59 Å². The first-order valence-electron chi connectivity index (χ1n) is 9.74. The Balaban J connectivity index is 1.41. The minimum atomic E-state index is 0.245. The molecule has 0 spiro atoms. The summed E-state index contributed by atoms with van der Waals surface area (Å²) in [6.45, 7) is 3.10. The van der Waals surface area contributed by atoms with Gasteiger partial charge in [0.05, 0.1) is 0 Å². The summed E-state index contributed by atoms with van der Waals surface area (Å²) in [7, 11) is 0. The largest absolute Gasteiger partial charge is 0.356 e. The smallest absolute Gasteiger partial charge is 0.223 e. The molecule has 0 aromatic carbocycles. The molecule has 3 saturated carbocycles. The van der Waals surface area contributed by atoms with Gasteiger partial charge >= 0.3 is 0 Å². The number of nitrogens with one attached hydrogen (secondary N) is 1. The van der Waals surface area contributed by atoms with Crippen LogP contribution in [0.1, 0.15) is 64.7 Å². The zero-order valence-electron chi connectivity index (χ0n) is 14.3. The van der Waals surface area contributed by atoms with Crippen molar-refractivity contribution in [3.8, 4) is 0 Å². The molecular formula is C19H30N2O2. The maximum atomic E-state index is 12.6. The van der Waals surface area contributed by atoms with E-state index < -0.39 is 0 Å². The van der Waals surface area contributed by atoms with Gasteiger partial charge in [0.2, 0.25) is 11.8 Å². The highest BCUT2D eigenvalue weighted by molar-refractivity contribution is 5.81. The monoisotopic (exact) mass is 318 g/mol. The molecule has 4 nitrogen and oxygen atoms in total. The first-order valence-corrected chi connectivity index (χ1v) is 9.74. The Morgan fingerprint density at radius 2 is 1.91 bits per heavy atom. The van der Waals surface area contributed by atoms with Gasteiger partial charge in [-0.1, -0.05) is 26.2 Å². The molecule has 3 aliphatic carbocycles. The second kappa shape index (κ2) is 6.10. The van der Waals surface area contributed by atoms with Crippen LogP contribution in [0.2, 0.25) is 0 Å². The van der Waals surface area contributed by atoms with Crippen LogP contribution < -0.4 is 5.32 Å². The topological polar surface area (TPSA) is 49.4 Å². The minimum absolute atomic E-state index is 0.245. The van der Waals surface area contributed by atoms with Crippen LogP contribution >= 0.6 is 0 Å². The van der Waals surface area contributed by atoms with Crippen LogP contribution in [0.15, 0.2) is 0 Å². The Kier molecular flexibility index (Phi) is 4.10. The third kappa shape index (κ3) is 2.89. The summed E-state index contributed by atoms with van der Waals surface area (Å²) in [6.07, 6.45) is 10.3. The lowest BCUT2D eigenvalue weighted by molar-refractivity contribution is -0.132. The van der Waals surface area contributed by atoms with Crippen LogP contribution in [0, 0.1) is 23.7 Å². The number of nitrogens with zero attached hydrogens (tertiary/aromatic N) is 1. The van der Waals surface area contributed by atoms with E-state index in [2.05, 4.69) is 17.1 Å². The molecular weight excluding hydrogens is 288 g/mol. The molecule has 4 fully saturated rings. The zero-order valence-corrected chi connectivity index (χ0v) is 14.3. The highest BCUT2D eigenvalue weighted by atomic mass is 16.2. The van der Waals surface area contributed by atoms with Crippen molar-refractivity contribution in [1.29, 1.82) is 0 Å². The van der Waals surface area contributed by atoms with Gasteiger partial charge in [-0.25, -0.2) is 0 Å². The number of hydrogen-bond acceptors (Lipinski definition) is 2. The van der Waals surface area contributed by atoms with Crippen LogP contribution in [0.4, 0.5) is 0 Å². The van der Waals surface area contributed by atoms with Crippen LogP contribution in [0.25, 0.3) is 0 Å².